The minimum Gasteiger partial charge on any atom is -0.339 e. The summed E-state index contributed by atoms with van der Waals surface area (Å²) in [7, 11) is 0. The minimum atomic E-state index is 0.302. The molecule has 5 nitrogen and oxygen atoms in total. The summed E-state index contributed by atoms with van der Waals surface area (Å²) in [5, 5.41) is 4.13. The number of nitrogens with two attached hydrogens (primary N) is 1. The second-order valence-electron chi connectivity index (χ2n) is 6.02. The van der Waals surface area contributed by atoms with E-state index in [1.165, 1.54) is 12.8 Å². The van der Waals surface area contributed by atoms with Crippen LogP contribution in [0.15, 0.2) is 16.8 Å². The van der Waals surface area contributed by atoms with E-state index in [4.69, 9.17) is 10.3 Å². The Morgan fingerprint density at radius 2 is 2.10 bits per heavy atom. The van der Waals surface area contributed by atoms with E-state index in [2.05, 4.69) is 21.2 Å². The van der Waals surface area contributed by atoms with Gasteiger partial charge in [0, 0.05) is 12.1 Å². The second-order valence-corrected chi connectivity index (χ2v) is 6.02. The summed E-state index contributed by atoms with van der Waals surface area (Å²) >= 11 is 0. The summed E-state index contributed by atoms with van der Waals surface area (Å²) in [6.07, 6.45) is 6.53. The minimum absolute atomic E-state index is 0.302. The SMILES string of the molecule is Cc1cnc(-c2noc(C3CCCCC3CN)n2)c(C)c1. The predicted octanol–water partition coefficient (Wildman–Crippen LogP) is 2.98. The maximum atomic E-state index is 5.89. The van der Waals surface area contributed by atoms with Crippen molar-refractivity contribution in [3.63, 3.8) is 0 Å². The van der Waals surface area contributed by atoms with Crippen LogP contribution in [0, 0.1) is 19.8 Å². The van der Waals surface area contributed by atoms with Gasteiger partial charge in [0.15, 0.2) is 0 Å². The molecule has 2 aromatic heterocycles. The molecule has 0 spiro atoms. The molecule has 2 atom stereocenters. The number of hydrogen-bond donors (Lipinski definition) is 1. The molecule has 0 saturated heterocycles. The van der Waals surface area contributed by atoms with Gasteiger partial charge < -0.3 is 10.3 Å². The normalized spacial score (nSPS) is 22.4. The molecule has 2 heterocycles. The third-order valence-corrected chi connectivity index (χ3v) is 4.40. The van der Waals surface area contributed by atoms with Crippen LogP contribution in [0.25, 0.3) is 11.5 Å². The van der Waals surface area contributed by atoms with Gasteiger partial charge in [0.1, 0.15) is 5.69 Å². The quantitative estimate of drug-likeness (QED) is 0.938. The molecule has 1 fully saturated rings. The van der Waals surface area contributed by atoms with Crippen LogP contribution in [0.1, 0.15) is 48.6 Å². The van der Waals surface area contributed by atoms with Gasteiger partial charge in [0.25, 0.3) is 0 Å². The lowest BCUT2D eigenvalue weighted by molar-refractivity contribution is 0.249. The number of pyridine rings is 1. The molecule has 3 rings (SSSR count). The fraction of sp³-hybridized carbons (Fsp3) is 0.562. The Kier molecular flexibility index (Phi) is 4.01. The zero-order valence-corrected chi connectivity index (χ0v) is 12.7. The molecule has 0 bridgehead atoms. The topological polar surface area (TPSA) is 77.8 Å². The van der Waals surface area contributed by atoms with Gasteiger partial charge in [0.2, 0.25) is 11.7 Å². The Labute approximate surface area is 125 Å². The molecule has 0 aliphatic heterocycles. The van der Waals surface area contributed by atoms with Gasteiger partial charge in [-0.3, -0.25) is 4.98 Å². The van der Waals surface area contributed by atoms with Crippen LogP contribution in [0.4, 0.5) is 0 Å². The maximum Gasteiger partial charge on any atom is 0.230 e. The molecule has 0 radical (unpaired) electrons. The van der Waals surface area contributed by atoms with Crippen molar-refractivity contribution in [1.29, 1.82) is 0 Å². The second kappa shape index (κ2) is 5.93. The molecule has 0 aromatic carbocycles. The third-order valence-electron chi connectivity index (χ3n) is 4.40. The fourth-order valence-electron chi connectivity index (χ4n) is 3.25. The highest BCUT2D eigenvalue weighted by molar-refractivity contribution is 5.54. The van der Waals surface area contributed by atoms with E-state index in [1.54, 1.807) is 0 Å². The van der Waals surface area contributed by atoms with E-state index in [0.29, 0.717) is 24.2 Å². The first-order valence-electron chi connectivity index (χ1n) is 7.66. The van der Waals surface area contributed by atoms with Crippen LogP contribution in [0.2, 0.25) is 0 Å². The Morgan fingerprint density at radius 3 is 2.86 bits per heavy atom. The van der Waals surface area contributed by atoms with Crippen molar-refractivity contribution in [2.45, 2.75) is 45.4 Å². The smallest absolute Gasteiger partial charge is 0.230 e. The lowest BCUT2D eigenvalue weighted by Crippen LogP contribution is -2.25. The molecule has 0 amide bonds. The Bertz CT molecular complexity index is 622. The van der Waals surface area contributed by atoms with Crippen molar-refractivity contribution >= 4 is 0 Å². The van der Waals surface area contributed by atoms with Crippen LogP contribution in [-0.4, -0.2) is 21.7 Å². The number of aromatic nitrogens is 3. The number of aryl methyl sites for hydroxylation is 2. The van der Waals surface area contributed by atoms with Gasteiger partial charge in [0.05, 0.1) is 0 Å². The van der Waals surface area contributed by atoms with Crippen LogP contribution in [0.5, 0.6) is 0 Å². The summed E-state index contributed by atoms with van der Waals surface area (Å²) in [5.41, 5.74) is 8.89. The van der Waals surface area contributed by atoms with Gasteiger partial charge in [-0.25, -0.2) is 0 Å². The molecule has 1 aliphatic rings. The van der Waals surface area contributed by atoms with E-state index in [1.807, 2.05) is 20.0 Å². The molecule has 1 saturated carbocycles. The van der Waals surface area contributed by atoms with E-state index >= 15 is 0 Å². The molecule has 2 N–H and O–H groups in total. The molecular formula is C16H22N4O. The van der Waals surface area contributed by atoms with E-state index in [0.717, 1.165) is 35.6 Å². The molecule has 5 heteroatoms. The van der Waals surface area contributed by atoms with E-state index in [9.17, 15) is 0 Å². The average Bonchev–Trinajstić information content (AvgIpc) is 2.96. The van der Waals surface area contributed by atoms with Gasteiger partial charge >= 0.3 is 0 Å². The highest BCUT2D eigenvalue weighted by Gasteiger charge is 2.30. The first-order valence-corrected chi connectivity index (χ1v) is 7.66. The van der Waals surface area contributed by atoms with E-state index < -0.39 is 0 Å². The summed E-state index contributed by atoms with van der Waals surface area (Å²) < 4.78 is 5.52. The lowest BCUT2D eigenvalue weighted by atomic mass is 9.79. The Hall–Kier alpha value is -1.75. The van der Waals surface area contributed by atoms with Crippen LogP contribution in [-0.2, 0) is 0 Å². The molecule has 112 valence electrons. The number of nitrogens with zero attached hydrogens (tertiary/aromatic N) is 3. The molecule has 1 aliphatic carbocycles. The van der Waals surface area contributed by atoms with Crippen molar-refractivity contribution < 1.29 is 4.52 Å². The van der Waals surface area contributed by atoms with E-state index in [-0.39, 0.29) is 0 Å². The van der Waals surface area contributed by atoms with Gasteiger partial charge in [-0.15, -0.1) is 0 Å². The van der Waals surface area contributed by atoms with Crippen LogP contribution < -0.4 is 5.73 Å². The molecule has 2 aromatic rings. The summed E-state index contributed by atoms with van der Waals surface area (Å²) in [6, 6.07) is 2.08. The predicted molar refractivity (Wildman–Crippen MR) is 80.8 cm³/mol. The third kappa shape index (κ3) is 2.83. The fourth-order valence-corrected chi connectivity index (χ4v) is 3.25. The Morgan fingerprint density at radius 1 is 1.29 bits per heavy atom. The van der Waals surface area contributed by atoms with Gasteiger partial charge in [-0.2, -0.15) is 4.98 Å². The zero-order valence-electron chi connectivity index (χ0n) is 12.7. The van der Waals surface area contributed by atoms with Crippen molar-refractivity contribution in [2.75, 3.05) is 6.54 Å². The zero-order chi connectivity index (χ0) is 14.8. The van der Waals surface area contributed by atoms with Crippen molar-refractivity contribution in [3.05, 3.63) is 29.3 Å². The van der Waals surface area contributed by atoms with Gasteiger partial charge in [-0.05, 0) is 50.3 Å². The monoisotopic (exact) mass is 286 g/mol. The highest BCUT2D eigenvalue weighted by Crippen LogP contribution is 2.37. The highest BCUT2D eigenvalue weighted by atomic mass is 16.5. The number of hydrogen-bond acceptors (Lipinski definition) is 5. The largest absolute Gasteiger partial charge is 0.339 e. The first kappa shape index (κ1) is 14.2. The van der Waals surface area contributed by atoms with Gasteiger partial charge in [-0.1, -0.05) is 24.1 Å². The maximum absolute atomic E-state index is 5.89. The molecule has 21 heavy (non-hydrogen) atoms. The number of rotatable bonds is 3. The summed E-state index contributed by atoms with van der Waals surface area (Å²) in [5.74, 6) is 2.07. The Balaban J connectivity index is 1.89. The standard InChI is InChI=1S/C16H22N4O/c1-10-7-11(2)14(18-9-10)15-19-16(21-20-15)13-6-4-3-5-12(13)8-17/h7,9,12-13H,3-6,8,17H2,1-2H3. The van der Waals surface area contributed by atoms with Crippen molar-refractivity contribution in [3.8, 4) is 11.5 Å². The van der Waals surface area contributed by atoms with Crippen molar-refractivity contribution in [2.24, 2.45) is 11.7 Å². The molecular weight excluding hydrogens is 264 g/mol. The average molecular weight is 286 g/mol. The van der Waals surface area contributed by atoms with Crippen molar-refractivity contribution in [1.82, 2.24) is 15.1 Å². The van der Waals surface area contributed by atoms with Crippen LogP contribution >= 0.6 is 0 Å². The summed E-state index contributed by atoms with van der Waals surface area (Å²) in [6.45, 7) is 4.73. The first-order chi connectivity index (χ1) is 10.2. The molecule has 2 unspecified atom stereocenters. The lowest BCUT2D eigenvalue weighted by Gasteiger charge is -2.27. The van der Waals surface area contributed by atoms with Crippen LogP contribution in [0.3, 0.4) is 0 Å². The summed E-state index contributed by atoms with van der Waals surface area (Å²) in [4.78, 5) is 9.03.